The maximum atomic E-state index is 13.1. The van der Waals surface area contributed by atoms with Crippen LogP contribution in [0.2, 0.25) is 5.02 Å². The molecule has 4 aromatic carbocycles. The highest BCUT2D eigenvalue weighted by Gasteiger charge is 2.18. The number of hydrogen-bond donors (Lipinski definition) is 1. The first-order chi connectivity index (χ1) is 17.4. The summed E-state index contributed by atoms with van der Waals surface area (Å²) in [6.45, 7) is 2.02. The number of anilines is 1. The van der Waals surface area contributed by atoms with Crippen LogP contribution in [0.3, 0.4) is 0 Å². The average Bonchev–Trinajstić information content (AvgIpc) is 3.30. The minimum Gasteiger partial charge on any atom is -0.457 e. The van der Waals surface area contributed by atoms with E-state index in [1.54, 1.807) is 36.4 Å². The van der Waals surface area contributed by atoms with Gasteiger partial charge < -0.3 is 10.1 Å². The molecule has 0 aliphatic carbocycles. The number of halogens is 2. The molecule has 1 N–H and O–H groups in total. The number of rotatable bonds is 6. The number of nitrogens with one attached hydrogen (secondary N) is 1. The summed E-state index contributed by atoms with van der Waals surface area (Å²) in [4.78, 5) is 17.8. The molecule has 0 unspecified atom stereocenters. The Morgan fingerprint density at radius 3 is 2.06 bits per heavy atom. The lowest BCUT2D eigenvalue weighted by molar-refractivity contribution is 0.102. The lowest BCUT2D eigenvalue weighted by Gasteiger charge is -2.06. The molecule has 0 fully saturated rings. The number of aryl methyl sites for hydroxylation is 1. The van der Waals surface area contributed by atoms with Crippen molar-refractivity contribution in [2.45, 2.75) is 6.92 Å². The zero-order chi connectivity index (χ0) is 25.1. The zero-order valence-corrected chi connectivity index (χ0v) is 20.7. The van der Waals surface area contributed by atoms with E-state index in [1.807, 2.05) is 55.5 Å². The molecule has 7 heteroatoms. The van der Waals surface area contributed by atoms with Crippen LogP contribution in [0.5, 0.6) is 11.5 Å². The van der Waals surface area contributed by atoms with Gasteiger partial charge in [0.15, 0.2) is 0 Å². The number of amides is 1. The number of nitrogens with zero attached hydrogens (tertiary/aromatic N) is 1. The van der Waals surface area contributed by atoms with E-state index < -0.39 is 0 Å². The third kappa shape index (κ3) is 5.46. The third-order valence-electron chi connectivity index (χ3n) is 5.44. The zero-order valence-electron chi connectivity index (χ0n) is 19.2. The highest BCUT2D eigenvalue weighted by atomic mass is 35.5. The summed E-state index contributed by atoms with van der Waals surface area (Å²) < 4.78 is 18.9. The smallest absolute Gasteiger partial charge is 0.256 e. The summed E-state index contributed by atoms with van der Waals surface area (Å²) in [5, 5.41) is 4.99. The van der Waals surface area contributed by atoms with Gasteiger partial charge in [-0.15, -0.1) is 0 Å². The lowest BCUT2D eigenvalue weighted by atomic mass is 10.1. The molecule has 178 valence electrons. The van der Waals surface area contributed by atoms with Gasteiger partial charge in [-0.25, -0.2) is 9.37 Å². The molecule has 0 saturated carbocycles. The van der Waals surface area contributed by atoms with Crippen LogP contribution >= 0.6 is 22.9 Å². The molecule has 1 aromatic heterocycles. The van der Waals surface area contributed by atoms with Crippen molar-refractivity contribution in [2.24, 2.45) is 0 Å². The van der Waals surface area contributed by atoms with Gasteiger partial charge in [0.2, 0.25) is 0 Å². The predicted octanol–water partition coefficient (Wildman–Crippen LogP) is 8.62. The Labute approximate surface area is 217 Å². The van der Waals surface area contributed by atoms with E-state index in [2.05, 4.69) is 5.32 Å². The van der Waals surface area contributed by atoms with Crippen molar-refractivity contribution in [1.82, 2.24) is 4.98 Å². The van der Waals surface area contributed by atoms with Gasteiger partial charge in [-0.3, -0.25) is 4.79 Å². The fraction of sp³-hybridized carbons (Fsp3) is 0.0345. The minimum absolute atomic E-state index is 0.238. The van der Waals surface area contributed by atoms with Crippen molar-refractivity contribution in [3.05, 3.63) is 119 Å². The second-order valence-electron chi connectivity index (χ2n) is 8.10. The molecule has 0 atom stereocenters. The molecular formula is C29H20ClFN2O2S. The molecule has 0 saturated heterocycles. The molecule has 4 nitrogen and oxygen atoms in total. The molecule has 1 amide bonds. The SMILES string of the molecule is Cc1ccc(-c2nc(-c3ccc(Oc4ccc(F)cc4)cc3)sc2NC(=O)c2ccc(Cl)cc2)cc1. The number of hydrogen-bond acceptors (Lipinski definition) is 4. The quantitative estimate of drug-likeness (QED) is 0.247. The van der Waals surface area contributed by atoms with Crippen LogP contribution in [-0.4, -0.2) is 10.9 Å². The van der Waals surface area contributed by atoms with Crippen molar-refractivity contribution < 1.29 is 13.9 Å². The Hall–Kier alpha value is -4.00. The summed E-state index contributed by atoms with van der Waals surface area (Å²) in [6.07, 6.45) is 0. The molecule has 0 spiro atoms. The van der Waals surface area contributed by atoms with Crippen molar-refractivity contribution >= 4 is 33.8 Å². The van der Waals surface area contributed by atoms with Crippen LogP contribution in [-0.2, 0) is 0 Å². The molecule has 36 heavy (non-hydrogen) atoms. The Morgan fingerprint density at radius 1 is 0.833 bits per heavy atom. The number of carbonyl (C=O) groups is 1. The van der Waals surface area contributed by atoms with E-state index in [0.717, 1.165) is 21.7 Å². The summed E-state index contributed by atoms with van der Waals surface area (Å²) in [7, 11) is 0. The van der Waals surface area contributed by atoms with Crippen LogP contribution in [0.15, 0.2) is 97.1 Å². The van der Waals surface area contributed by atoms with Gasteiger partial charge in [0.25, 0.3) is 5.91 Å². The standard InChI is InChI=1S/C29H20ClFN2O2S/c1-18-2-4-19(5-3-18)26-29(33-27(34)20-6-10-22(30)11-7-20)36-28(32-26)21-8-14-24(15-9-21)35-25-16-12-23(31)13-17-25/h2-17H,1H3,(H,33,34). The largest absolute Gasteiger partial charge is 0.457 e. The second kappa shape index (κ2) is 10.3. The fourth-order valence-electron chi connectivity index (χ4n) is 3.52. The molecule has 0 bridgehead atoms. The molecular weight excluding hydrogens is 495 g/mol. The average molecular weight is 515 g/mol. The number of aromatic nitrogens is 1. The predicted molar refractivity (Wildman–Crippen MR) is 144 cm³/mol. The van der Waals surface area contributed by atoms with Gasteiger partial charge in [-0.05, 0) is 79.7 Å². The monoisotopic (exact) mass is 514 g/mol. The van der Waals surface area contributed by atoms with Crippen LogP contribution < -0.4 is 10.1 Å². The van der Waals surface area contributed by atoms with Gasteiger partial charge in [0.05, 0.1) is 0 Å². The minimum atomic E-state index is -0.315. The second-order valence-corrected chi connectivity index (χ2v) is 9.54. The third-order valence-corrected chi connectivity index (χ3v) is 6.71. The van der Waals surface area contributed by atoms with E-state index in [9.17, 15) is 9.18 Å². The maximum absolute atomic E-state index is 13.1. The fourth-order valence-corrected chi connectivity index (χ4v) is 4.63. The van der Waals surface area contributed by atoms with Crippen LogP contribution in [0.1, 0.15) is 15.9 Å². The van der Waals surface area contributed by atoms with Gasteiger partial charge in [0, 0.05) is 21.7 Å². The molecule has 5 rings (SSSR count). The summed E-state index contributed by atoms with van der Waals surface area (Å²) >= 11 is 7.36. The van der Waals surface area contributed by atoms with E-state index in [-0.39, 0.29) is 11.7 Å². The van der Waals surface area contributed by atoms with Crippen molar-refractivity contribution in [3.63, 3.8) is 0 Å². The Bertz CT molecular complexity index is 1500. The topological polar surface area (TPSA) is 51.2 Å². The molecule has 1 heterocycles. The first-order valence-electron chi connectivity index (χ1n) is 11.1. The van der Waals surface area contributed by atoms with E-state index >= 15 is 0 Å². The van der Waals surface area contributed by atoms with Crippen molar-refractivity contribution in [2.75, 3.05) is 5.32 Å². The molecule has 0 radical (unpaired) electrons. The summed E-state index contributed by atoms with van der Waals surface area (Å²) in [5.74, 6) is 0.618. The normalized spacial score (nSPS) is 10.8. The van der Waals surface area contributed by atoms with Gasteiger partial charge in [0.1, 0.15) is 33.0 Å². The van der Waals surface area contributed by atoms with Gasteiger partial charge >= 0.3 is 0 Å². The first-order valence-corrected chi connectivity index (χ1v) is 12.3. The van der Waals surface area contributed by atoms with Crippen LogP contribution in [0, 0.1) is 12.7 Å². The Morgan fingerprint density at radius 2 is 1.42 bits per heavy atom. The maximum Gasteiger partial charge on any atom is 0.256 e. The lowest BCUT2D eigenvalue weighted by Crippen LogP contribution is -2.11. The van der Waals surface area contributed by atoms with Gasteiger partial charge in [-0.1, -0.05) is 52.8 Å². The van der Waals surface area contributed by atoms with Gasteiger partial charge in [-0.2, -0.15) is 0 Å². The van der Waals surface area contributed by atoms with Crippen molar-refractivity contribution in [3.8, 4) is 33.3 Å². The highest BCUT2D eigenvalue weighted by molar-refractivity contribution is 7.19. The van der Waals surface area contributed by atoms with Crippen LogP contribution in [0.25, 0.3) is 21.8 Å². The van der Waals surface area contributed by atoms with E-state index in [1.165, 1.54) is 23.5 Å². The molecule has 0 aliphatic heterocycles. The summed E-state index contributed by atoms with van der Waals surface area (Å²) in [6, 6.07) is 28.1. The highest BCUT2D eigenvalue weighted by Crippen LogP contribution is 2.39. The summed E-state index contributed by atoms with van der Waals surface area (Å²) in [5.41, 5.74) is 4.13. The number of ether oxygens (including phenoxy) is 1. The number of thiazole rings is 1. The van der Waals surface area contributed by atoms with Crippen molar-refractivity contribution in [1.29, 1.82) is 0 Å². The van der Waals surface area contributed by atoms with Crippen LogP contribution in [0.4, 0.5) is 9.39 Å². The van der Waals surface area contributed by atoms with E-state index in [0.29, 0.717) is 32.8 Å². The Kier molecular flexibility index (Phi) is 6.80. The first kappa shape index (κ1) is 23.7. The number of carbonyl (C=O) groups excluding carboxylic acids is 1. The van der Waals surface area contributed by atoms with E-state index in [4.69, 9.17) is 21.3 Å². The molecule has 5 aromatic rings. The Balaban J connectivity index is 1.44. The molecule has 0 aliphatic rings. The number of benzene rings is 4.